The highest BCUT2D eigenvalue weighted by molar-refractivity contribution is 5.55. The maximum atomic E-state index is 13.9. The molecule has 0 aliphatic carbocycles. The largest absolute Gasteiger partial charge is 0.343 e. The summed E-state index contributed by atoms with van der Waals surface area (Å²) in [7, 11) is 0. The van der Waals surface area contributed by atoms with Crippen LogP contribution in [0.2, 0.25) is 0 Å². The second kappa shape index (κ2) is 4.97. The SMILES string of the molecule is O=c1[nH]nc(-c2ccccc2F)n1C1CCNCC1. The zero-order chi connectivity index (χ0) is 13.2. The molecule has 2 N–H and O–H groups in total. The highest BCUT2D eigenvalue weighted by Crippen LogP contribution is 2.25. The number of hydrogen-bond donors (Lipinski definition) is 2. The molecule has 0 radical (unpaired) electrons. The van der Waals surface area contributed by atoms with E-state index in [0.29, 0.717) is 11.4 Å². The Kier molecular flexibility index (Phi) is 3.16. The molecule has 3 rings (SSSR count). The van der Waals surface area contributed by atoms with Crippen LogP contribution in [0.25, 0.3) is 11.4 Å². The minimum absolute atomic E-state index is 0.0714. The average molecular weight is 262 g/mol. The fourth-order valence-corrected chi connectivity index (χ4v) is 2.54. The van der Waals surface area contributed by atoms with Crippen molar-refractivity contribution < 1.29 is 4.39 Å². The zero-order valence-electron chi connectivity index (χ0n) is 10.4. The van der Waals surface area contributed by atoms with Crippen molar-refractivity contribution in [2.24, 2.45) is 0 Å². The van der Waals surface area contributed by atoms with Gasteiger partial charge in [0.25, 0.3) is 0 Å². The van der Waals surface area contributed by atoms with E-state index in [2.05, 4.69) is 15.5 Å². The molecule has 1 aliphatic heterocycles. The Bertz CT molecular complexity index is 628. The molecule has 0 amide bonds. The third kappa shape index (κ3) is 2.19. The number of H-pyrrole nitrogens is 1. The van der Waals surface area contributed by atoms with Crippen molar-refractivity contribution >= 4 is 0 Å². The van der Waals surface area contributed by atoms with Crippen molar-refractivity contribution in [3.05, 3.63) is 40.6 Å². The Morgan fingerprint density at radius 2 is 2.00 bits per heavy atom. The molecular weight excluding hydrogens is 247 g/mol. The summed E-state index contributed by atoms with van der Waals surface area (Å²) in [5, 5.41) is 9.66. The lowest BCUT2D eigenvalue weighted by atomic mass is 10.1. The molecule has 1 fully saturated rings. The summed E-state index contributed by atoms with van der Waals surface area (Å²) in [5.41, 5.74) is 0.0875. The molecule has 2 aromatic rings. The standard InChI is InChI=1S/C13H15FN4O/c14-11-4-2-1-3-10(11)12-16-17-13(19)18(12)9-5-7-15-8-6-9/h1-4,9,15H,5-8H2,(H,17,19). The zero-order valence-corrected chi connectivity index (χ0v) is 10.4. The minimum Gasteiger partial charge on any atom is -0.317 e. The van der Waals surface area contributed by atoms with Crippen LogP contribution in [-0.2, 0) is 0 Å². The highest BCUT2D eigenvalue weighted by Gasteiger charge is 2.22. The first-order valence-electron chi connectivity index (χ1n) is 6.40. The molecule has 1 aliphatic rings. The molecule has 1 aromatic heterocycles. The number of aromatic amines is 1. The van der Waals surface area contributed by atoms with Crippen LogP contribution in [0.15, 0.2) is 29.1 Å². The van der Waals surface area contributed by atoms with E-state index in [1.54, 1.807) is 22.8 Å². The summed E-state index contributed by atoms with van der Waals surface area (Å²) < 4.78 is 15.4. The van der Waals surface area contributed by atoms with Crippen molar-refractivity contribution in [1.29, 1.82) is 0 Å². The van der Waals surface area contributed by atoms with Crippen LogP contribution in [0, 0.1) is 5.82 Å². The molecule has 0 atom stereocenters. The van der Waals surface area contributed by atoms with Crippen LogP contribution in [0.3, 0.4) is 0 Å². The number of piperidine rings is 1. The Hall–Kier alpha value is -1.95. The molecule has 0 saturated carbocycles. The van der Waals surface area contributed by atoms with Gasteiger partial charge in [0.05, 0.1) is 5.56 Å². The van der Waals surface area contributed by atoms with Gasteiger partial charge in [0.2, 0.25) is 0 Å². The Labute approximate surface area is 109 Å². The maximum absolute atomic E-state index is 13.9. The van der Waals surface area contributed by atoms with Gasteiger partial charge < -0.3 is 5.32 Å². The van der Waals surface area contributed by atoms with Crippen LogP contribution in [0.1, 0.15) is 18.9 Å². The predicted octanol–water partition coefficient (Wildman–Crippen LogP) is 1.30. The smallest absolute Gasteiger partial charge is 0.317 e. The Morgan fingerprint density at radius 1 is 1.26 bits per heavy atom. The van der Waals surface area contributed by atoms with E-state index in [-0.39, 0.29) is 17.5 Å². The van der Waals surface area contributed by atoms with E-state index in [1.807, 2.05) is 0 Å². The number of hydrogen-bond acceptors (Lipinski definition) is 3. The lowest BCUT2D eigenvalue weighted by Gasteiger charge is -2.24. The lowest BCUT2D eigenvalue weighted by molar-refractivity contribution is 0.363. The van der Waals surface area contributed by atoms with Crippen LogP contribution in [0.5, 0.6) is 0 Å². The van der Waals surface area contributed by atoms with E-state index in [0.717, 1.165) is 25.9 Å². The molecule has 19 heavy (non-hydrogen) atoms. The summed E-state index contributed by atoms with van der Waals surface area (Å²) in [6.07, 6.45) is 1.70. The third-order valence-corrected chi connectivity index (χ3v) is 3.49. The number of nitrogens with one attached hydrogen (secondary N) is 2. The first-order valence-corrected chi connectivity index (χ1v) is 6.40. The van der Waals surface area contributed by atoms with E-state index in [1.165, 1.54) is 6.07 Å². The van der Waals surface area contributed by atoms with Crippen molar-refractivity contribution in [1.82, 2.24) is 20.1 Å². The fraction of sp³-hybridized carbons (Fsp3) is 0.385. The minimum atomic E-state index is -0.364. The van der Waals surface area contributed by atoms with Crippen molar-refractivity contribution in [2.45, 2.75) is 18.9 Å². The fourth-order valence-electron chi connectivity index (χ4n) is 2.54. The van der Waals surface area contributed by atoms with Crippen molar-refractivity contribution in [2.75, 3.05) is 13.1 Å². The topological polar surface area (TPSA) is 62.7 Å². The van der Waals surface area contributed by atoms with Gasteiger partial charge in [0.1, 0.15) is 5.82 Å². The molecule has 100 valence electrons. The second-order valence-corrected chi connectivity index (χ2v) is 4.68. The van der Waals surface area contributed by atoms with Gasteiger partial charge in [-0.15, -0.1) is 0 Å². The monoisotopic (exact) mass is 262 g/mol. The first-order chi connectivity index (χ1) is 9.27. The Morgan fingerprint density at radius 3 is 2.74 bits per heavy atom. The lowest BCUT2D eigenvalue weighted by Crippen LogP contribution is -2.33. The molecule has 0 bridgehead atoms. The van der Waals surface area contributed by atoms with Crippen LogP contribution < -0.4 is 11.0 Å². The van der Waals surface area contributed by atoms with E-state index in [4.69, 9.17) is 0 Å². The predicted molar refractivity (Wildman–Crippen MR) is 69.4 cm³/mol. The number of rotatable bonds is 2. The van der Waals surface area contributed by atoms with Gasteiger partial charge in [0, 0.05) is 6.04 Å². The molecule has 0 unspecified atom stereocenters. The van der Waals surface area contributed by atoms with Gasteiger partial charge in [-0.1, -0.05) is 12.1 Å². The quantitative estimate of drug-likeness (QED) is 0.857. The van der Waals surface area contributed by atoms with E-state index >= 15 is 0 Å². The maximum Gasteiger partial charge on any atom is 0.343 e. The van der Waals surface area contributed by atoms with Crippen molar-refractivity contribution in [3.63, 3.8) is 0 Å². The third-order valence-electron chi connectivity index (χ3n) is 3.49. The second-order valence-electron chi connectivity index (χ2n) is 4.68. The normalized spacial score (nSPS) is 16.7. The van der Waals surface area contributed by atoms with Gasteiger partial charge in [-0.2, -0.15) is 5.10 Å². The summed E-state index contributed by atoms with van der Waals surface area (Å²) in [6, 6.07) is 6.45. The number of halogens is 1. The molecule has 2 heterocycles. The van der Waals surface area contributed by atoms with Gasteiger partial charge in [-0.3, -0.25) is 4.57 Å². The van der Waals surface area contributed by atoms with E-state index in [9.17, 15) is 9.18 Å². The number of nitrogens with zero attached hydrogens (tertiary/aromatic N) is 2. The average Bonchev–Trinajstić information content (AvgIpc) is 2.82. The van der Waals surface area contributed by atoms with Crippen molar-refractivity contribution in [3.8, 4) is 11.4 Å². The summed E-state index contributed by atoms with van der Waals surface area (Å²) in [6.45, 7) is 1.72. The molecule has 1 saturated heterocycles. The summed E-state index contributed by atoms with van der Waals surface area (Å²) >= 11 is 0. The Balaban J connectivity index is 2.08. The summed E-state index contributed by atoms with van der Waals surface area (Å²) in [5.74, 6) is 0.0201. The molecular formula is C13H15FN4O. The molecule has 0 spiro atoms. The van der Waals surface area contributed by atoms with Gasteiger partial charge >= 0.3 is 5.69 Å². The van der Waals surface area contributed by atoms with Gasteiger partial charge in [-0.05, 0) is 38.1 Å². The van der Waals surface area contributed by atoms with Crippen LogP contribution >= 0.6 is 0 Å². The number of aromatic nitrogens is 3. The first kappa shape index (κ1) is 12.1. The molecule has 1 aromatic carbocycles. The molecule has 6 heteroatoms. The highest BCUT2D eigenvalue weighted by atomic mass is 19.1. The van der Waals surface area contributed by atoms with Gasteiger partial charge in [0.15, 0.2) is 5.82 Å². The summed E-state index contributed by atoms with van der Waals surface area (Å²) in [4.78, 5) is 11.9. The molecule has 5 nitrogen and oxygen atoms in total. The van der Waals surface area contributed by atoms with Crippen LogP contribution in [0.4, 0.5) is 4.39 Å². The van der Waals surface area contributed by atoms with Crippen LogP contribution in [-0.4, -0.2) is 27.9 Å². The van der Waals surface area contributed by atoms with E-state index < -0.39 is 0 Å². The van der Waals surface area contributed by atoms with Gasteiger partial charge in [-0.25, -0.2) is 14.3 Å². The number of benzene rings is 1.